The number of hydrogen-bond donors (Lipinski definition) is 2. The summed E-state index contributed by atoms with van der Waals surface area (Å²) in [6.45, 7) is 0.647. The van der Waals surface area contributed by atoms with E-state index in [1.165, 1.54) is 4.90 Å². The van der Waals surface area contributed by atoms with Crippen LogP contribution in [0.15, 0.2) is 72.8 Å². The molecule has 1 heterocycles. The van der Waals surface area contributed by atoms with Crippen molar-refractivity contribution in [3.05, 3.63) is 94.0 Å². The largest absolute Gasteiger partial charge is 0.352 e. The van der Waals surface area contributed by atoms with Crippen LogP contribution >= 0.6 is 23.2 Å². The monoisotopic (exact) mass is 495 g/mol. The Labute approximate surface area is 207 Å². The molecule has 0 unspecified atom stereocenters. The first-order chi connectivity index (χ1) is 16.4. The number of rotatable bonds is 7. The smallest absolute Gasteiger partial charge is 0.253 e. The van der Waals surface area contributed by atoms with Gasteiger partial charge < -0.3 is 15.5 Å². The Bertz CT molecular complexity index is 1220. The third kappa shape index (κ3) is 5.41. The van der Waals surface area contributed by atoms with Gasteiger partial charge in [-0.1, -0.05) is 71.7 Å². The molecule has 3 aromatic rings. The van der Waals surface area contributed by atoms with Gasteiger partial charge in [0.15, 0.2) is 0 Å². The molecule has 0 aliphatic carbocycles. The topological polar surface area (TPSA) is 78.5 Å². The van der Waals surface area contributed by atoms with Gasteiger partial charge in [-0.15, -0.1) is 0 Å². The molecule has 0 aromatic heterocycles. The summed E-state index contributed by atoms with van der Waals surface area (Å²) in [6, 6.07) is 21.7. The highest BCUT2D eigenvalue weighted by molar-refractivity contribution is 6.44. The van der Waals surface area contributed by atoms with Crippen LogP contribution in [0.25, 0.3) is 0 Å². The van der Waals surface area contributed by atoms with E-state index in [1.807, 2.05) is 30.3 Å². The first kappa shape index (κ1) is 23.8. The number of halogens is 2. The summed E-state index contributed by atoms with van der Waals surface area (Å²) in [4.78, 5) is 39.8. The molecule has 0 spiro atoms. The van der Waals surface area contributed by atoms with E-state index in [1.54, 1.807) is 42.5 Å². The number of carbonyl (C=O) groups excluding carboxylic acids is 3. The van der Waals surface area contributed by atoms with Crippen molar-refractivity contribution < 1.29 is 14.4 Å². The predicted octanol–water partition coefficient (Wildman–Crippen LogP) is 4.96. The molecule has 6 nitrogen and oxygen atoms in total. The Morgan fingerprint density at radius 1 is 0.941 bits per heavy atom. The molecule has 174 valence electrons. The number of benzene rings is 3. The Hall–Kier alpha value is -3.35. The van der Waals surface area contributed by atoms with E-state index in [0.717, 1.165) is 5.56 Å². The third-order valence-electron chi connectivity index (χ3n) is 5.69. The molecule has 1 aliphatic heterocycles. The van der Waals surface area contributed by atoms with Gasteiger partial charge in [-0.3, -0.25) is 14.4 Å². The average molecular weight is 496 g/mol. The number of amides is 3. The Balaban J connectivity index is 1.40. The summed E-state index contributed by atoms with van der Waals surface area (Å²) in [5, 5.41) is 6.33. The van der Waals surface area contributed by atoms with E-state index < -0.39 is 5.92 Å². The molecule has 3 amide bonds. The number of carbonyl (C=O) groups is 3. The van der Waals surface area contributed by atoms with Gasteiger partial charge in [-0.25, -0.2) is 0 Å². The minimum Gasteiger partial charge on any atom is -0.352 e. The summed E-state index contributed by atoms with van der Waals surface area (Å²) in [5.74, 6) is -1.41. The number of nitrogens with zero attached hydrogens (tertiary/aromatic N) is 1. The fraction of sp³-hybridized carbons (Fsp3) is 0.192. The molecule has 2 N–H and O–H groups in total. The van der Waals surface area contributed by atoms with E-state index in [2.05, 4.69) is 10.6 Å². The number of hydrogen-bond acceptors (Lipinski definition) is 3. The normalized spacial score (nSPS) is 15.3. The van der Waals surface area contributed by atoms with Crippen molar-refractivity contribution in [1.82, 2.24) is 5.32 Å². The van der Waals surface area contributed by atoms with Crippen molar-refractivity contribution in [1.29, 1.82) is 0 Å². The van der Waals surface area contributed by atoms with Crippen LogP contribution in [-0.4, -0.2) is 30.8 Å². The number of nitrogens with one attached hydrogen (secondary N) is 2. The maximum absolute atomic E-state index is 13.0. The zero-order valence-electron chi connectivity index (χ0n) is 18.3. The number of para-hydroxylation sites is 1. The molecular formula is C26H23Cl2N3O3. The lowest BCUT2D eigenvalue weighted by molar-refractivity contribution is -0.122. The van der Waals surface area contributed by atoms with Crippen LogP contribution in [-0.2, 0) is 16.0 Å². The second-order valence-corrected chi connectivity index (χ2v) is 8.79. The van der Waals surface area contributed by atoms with E-state index in [0.29, 0.717) is 34.9 Å². The first-order valence-corrected chi connectivity index (χ1v) is 11.7. The van der Waals surface area contributed by atoms with Gasteiger partial charge in [0.1, 0.15) is 0 Å². The lowest BCUT2D eigenvalue weighted by Gasteiger charge is -2.19. The van der Waals surface area contributed by atoms with Crippen LogP contribution in [0.2, 0.25) is 10.0 Å². The van der Waals surface area contributed by atoms with E-state index >= 15 is 0 Å². The van der Waals surface area contributed by atoms with Crippen LogP contribution in [0.5, 0.6) is 0 Å². The van der Waals surface area contributed by atoms with E-state index in [4.69, 9.17) is 23.2 Å². The Kier molecular flexibility index (Phi) is 7.50. The summed E-state index contributed by atoms with van der Waals surface area (Å²) in [5.41, 5.74) is 2.37. The van der Waals surface area contributed by atoms with E-state index in [-0.39, 0.29) is 35.7 Å². The van der Waals surface area contributed by atoms with Crippen LogP contribution in [0.4, 0.5) is 11.4 Å². The summed E-state index contributed by atoms with van der Waals surface area (Å²) >= 11 is 12.3. The van der Waals surface area contributed by atoms with Crippen molar-refractivity contribution >= 4 is 52.3 Å². The van der Waals surface area contributed by atoms with Gasteiger partial charge in [0.05, 0.1) is 32.9 Å². The molecule has 1 atom stereocenters. The molecule has 0 saturated carbocycles. The lowest BCUT2D eigenvalue weighted by Crippen LogP contribution is -2.30. The minimum absolute atomic E-state index is 0.0418. The first-order valence-electron chi connectivity index (χ1n) is 10.9. The van der Waals surface area contributed by atoms with Crippen LogP contribution in [0.1, 0.15) is 22.3 Å². The maximum Gasteiger partial charge on any atom is 0.253 e. The maximum atomic E-state index is 13.0. The highest BCUT2D eigenvalue weighted by Gasteiger charge is 2.36. The quantitative estimate of drug-likeness (QED) is 0.486. The van der Waals surface area contributed by atoms with Crippen LogP contribution in [0.3, 0.4) is 0 Å². The molecule has 0 bridgehead atoms. The molecular weight excluding hydrogens is 473 g/mol. The number of anilines is 2. The SMILES string of the molecule is O=C(NCCc1ccccc1)c1ccccc1NC(=O)[C@@H]1CC(=O)N(c2cccc(Cl)c2Cl)C1. The molecule has 8 heteroatoms. The van der Waals surface area contributed by atoms with Gasteiger partial charge in [-0.05, 0) is 36.2 Å². The van der Waals surface area contributed by atoms with Gasteiger partial charge >= 0.3 is 0 Å². The van der Waals surface area contributed by atoms with Gasteiger partial charge in [0.25, 0.3) is 5.91 Å². The van der Waals surface area contributed by atoms with E-state index in [9.17, 15) is 14.4 Å². The summed E-state index contributed by atoms with van der Waals surface area (Å²) < 4.78 is 0. The highest BCUT2D eigenvalue weighted by atomic mass is 35.5. The Morgan fingerprint density at radius 3 is 2.47 bits per heavy atom. The fourth-order valence-corrected chi connectivity index (χ4v) is 4.30. The van der Waals surface area contributed by atoms with Crippen molar-refractivity contribution in [2.75, 3.05) is 23.3 Å². The molecule has 4 rings (SSSR count). The fourth-order valence-electron chi connectivity index (χ4n) is 3.90. The molecule has 0 radical (unpaired) electrons. The van der Waals surface area contributed by atoms with Gasteiger partial charge in [-0.2, -0.15) is 0 Å². The third-order valence-corrected chi connectivity index (χ3v) is 6.50. The summed E-state index contributed by atoms with van der Waals surface area (Å²) in [7, 11) is 0. The average Bonchev–Trinajstić information content (AvgIpc) is 3.23. The van der Waals surface area contributed by atoms with Gasteiger partial charge in [0.2, 0.25) is 11.8 Å². The van der Waals surface area contributed by atoms with Gasteiger partial charge in [0, 0.05) is 19.5 Å². The molecule has 34 heavy (non-hydrogen) atoms. The zero-order valence-corrected chi connectivity index (χ0v) is 19.8. The van der Waals surface area contributed by atoms with Crippen LogP contribution < -0.4 is 15.5 Å². The lowest BCUT2D eigenvalue weighted by atomic mass is 10.1. The summed E-state index contributed by atoms with van der Waals surface area (Å²) in [6.07, 6.45) is 0.743. The molecule has 1 aliphatic rings. The molecule has 1 fully saturated rings. The van der Waals surface area contributed by atoms with Crippen molar-refractivity contribution in [2.45, 2.75) is 12.8 Å². The van der Waals surface area contributed by atoms with Crippen LogP contribution in [0, 0.1) is 5.92 Å². The zero-order chi connectivity index (χ0) is 24.1. The Morgan fingerprint density at radius 2 is 1.68 bits per heavy atom. The molecule has 3 aromatic carbocycles. The highest BCUT2D eigenvalue weighted by Crippen LogP contribution is 2.36. The predicted molar refractivity (Wildman–Crippen MR) is 134 cm³/mol. The van der Waals surface area contributed by atoms with Crippen molar-refractivity contribution in [2.24, 2.45) is 5.92 Å². The minimum atomic E-state index is -0.586. The standard InChI is InChI=1S/C26H23Cl2N3O3/c27-20-10-6-12-22(24(20)28)31-16-18(15-23(31)32)25(33)30-21-11-5-4-9-19(21)26(34)29-14-13-17-7-2-1-3-8-17/h1-12,18H,13-16H2,(H,29,34)(H,30,33)/t18-/m1/s1. The molecule has 1 saturated heterocycles. The van der Waals surface area contributed by atoms with Crippen molar-refractivity contribution in [3.63, 3.8) is 0 Å². The van der Waals surface area contributed by atoms with Crippen molar-refractivity contribution in [3.8, 4) is 0 Å². The second-order valence-electron chi connectivity index (χ2n) is 8.00. The second kappa shape index (κ2) is 10.7.